The number of hydrogen-bond acceptors (Lipinski definition) is 4. The fourth-order valence-electron chi connectivity index (χ4n) is 2.10. The van der Waals surface area contributed by atoms with E-state index in [1.54, 1.807) is 27.7 Å². The van der Waals surface area contributed by atoms with Crippen molar-refractivity contribution in [3.05, 3.63) is 30.3 Å². The van der Waals surface area contributed by atoms with E-state index in [0.29, 0.717) is 0 Å². The Morgan fingerprint density at radius 2 is 1.12 bits per heavy atom. The molecule has 1 aromatic rings. The van der Waals surface area contributed by atoms with Gasteiger partial charge < -0.3 is 19.1 Å². The summed E-state index contributed by atoms with van der Waals surface area (Å²) in [5, 5.41) is 19.4. The number of hydrogen-bond donors (Lipinski definition) is 2. The lowest BCUT2D eigenvalue weighted by Gasteiger charge is -2.31. The van der Waals surface area contributed by atoms with Gasteiger partial charge in [-0.2, -0.15) is 0 Å². The van der Waals surface area contributed by atoms with Crippen molar-refractivity contribution in [2.75, 3.05) is 0 Å². The minimum absolute atomic E-state index is 0.232. The molecule has 1 fully saturated rings. The SMILES string of the molecule is CC(C)(O)C(C)(C)O.CC1(C)O[Si](C)(c2ccccc2)OC1(C)C. The maximum Gasteiger partial charge on any atom is 0.370 e. The first kappa shape index (κ1) is 21.3. The maximum absolute atomic E-state index is 9.10. The van der Waals surface area contributed by atoms with E-state index < -0.39 is 19.8 Å². The summed E-state index contributed by atoms with van der Waals surface area (Å²) < 4.78 is 12.5. The van der Waals surface area contributed by atoms with Gasteiger partial charge in [-0.3, -0.25) is 0 Å². The Labute approximate surface area is 148 Å². The van der Waals surface area contributed by atoms with Crippen LogP contribution >= 0.6 is 0 Å². The van der Waals surface area contributed by atoms with Crippen LogP contribution in [0.25, 0.3) is 0 Å². The standard InChI is InChI=1S/C13H20O2Si.C6H14O2/c1-12(2)13(3,4)15-16(5,14-12)11-9-7-6-8-10-11;1-5(2,7)6(3,4)8/h6-10H,1-5H3;7-8H,1-4H3. The van der Waals surface area contributed by atoms with Crippen LogP contribution in [-0.2, 0) is 8.85 Å². The highest BCUT2D eigenvalue weighted by molar-refractivity contribution is 6.80. The van der Waals surface area contributed by atoms with Crippen molar-refractivity contribution in [1.82, 2.24) is 0 Å². The Kier molecular flexibility index (Phi) is 5.81. The first-order valence-electron chi connectivity index (χ1n) is 8.42. The second-order valence-electron chi connectivity index (χ2n) is 8.65. The van der Waals surface area contributed by atoms with E-state index in [4.69, 9.17) is 19.1 Å². The van der Waals surface area contributed by atoms with Gasteiger partial charge in [0.15, 0.2) is 0 Å². The van der Waals surface area contributed by atoms with Gasteiger partial charge in [-0.25, -0.2) is 0 Å². The van der Waals surface area contributed by atoms with E-state index in [1.807, 2.05) is 18.2 Å². The van der Waals surface area contributed by atoms with Crippen molar-refractivity contribution in [2.24, 2.45) is 0 Å². The third-order valence-electron chi connectivity index (χ3n) is 5.15. The number of benzene rings is 1. The second kappa shape index (κ2) is 6.54. The van der Waals surface area contributed by atoms with E-state index in [9.17, 15) is 0 Å². The first-order chi connectivity index (χ1) is 10.5. The zero-order valence-electron chi connectivity index (χ0n) is 16.6. The molecule has 0 aliphatic carbocycles. The molecule has 0 unspecified atom stereocenters. The van der Waals surface area contributed by atoms with E-state index in [-0.39, 0.29) is 11.2 Å². The Morgan fingerprint density at radius 3 is 1.42 bits per heavy atom. The molecule has 1 aliphatic heterocycles. The topological polar surface area (TPSA) is 58.9 Å². The Hall–Kier alpha value is -0.723. The highest BCUT2D eigenvalue weighted by atomic mass is 28.4. The van der Waals surface area contributed by atoms with Crippen molar-refractivity contribution < 1.29 is 19.1 Å². The fraction of sp³-hybridized carbons (Fsp3) is 0.684. The molecule has 1 aromatic carbocycles. The zero-order chi connectivity index (χ0) is 19.0. The van der Waals surface area contributed by atoms with Crippen molar-refractivity contribution in [3.63, 3.8) is 0 Å². The summed E-state index contributed by atoms with van der Waals surface area (Å²) in [6, 6.07) is 10.3. The zero-order valence-corrected chi connectivity index (χ0v) is 17.6. The number of rotatable bonds is 2. The monoisotopic (exact) mass is 354 g/mol. The molecule has 1 aliphatic rings. The minimum Gasteiger partial charge on any atom is -0.387 e. The van der Waals surface area contributed by atoms with E-state index in [1.165, 1.54) is 5.19 Å². The molecule has 0 amide bonds. The largest absolute Gasteiger partial charge is 0.387 e. The van der Waals surface area contributed by atoms with Gasteiger partial charge in [0.25, 0.3) is 0 Å². The molecule has 0 atom stereocenters. The van der Waals surface area contributed by atoms with Gasteiger partial charge in [0.05, 0.1) is 22.4 Å². The molecule has 2 rings (SSSR count). The van der Waals surface area contributed by atoms with Gasteiger partial charge in [0.2, 0.25) is 0 Å². The van der Waals surface area contributed by atoms with Gasteiger partial charge >= 0.3 is 8.56 Å². The molecule has 138 valence electrons. The summed E-state index contributed by atoms with van der Waals surface area (Å²) in [7, 11) is -2.23. The van der Waals surface area contributed by atoms with E-state index >= 15 is 0 Å². The third kappa shape index (κ3) is 4.67. The summed E-state index contributed by atoms with van der Waals surface area (Å²) in [6.45, 7) is 16.9. The van der Waals surface area contributed by atoms with Gasteiger partial charge in [-0.1, -0.05) is 30.3 Å². The summed E-state index contributed by atoms with van der Waals surface area (Å²) in [6.07, 6.45) is 0. The molecule has 0 saturated carbocycles. The average molecular weight is 355 g/mol. The van der Waals surface area contributed by atoms with Crippen molar-refractivity contribution in [2.45, 2.75) is 84.3 Å². The molecule has 1 saturated heterocycles. The van der Waals surface area contributed by atoms with Crippen LogP contribution in [0.4, 0.5) is 0 Å². The lowest BCUT2D eigenvalue weighted by molar-refractivity contribution is -0.107. The van der Waals surface area contributed by atoms with Gasteiger partial charge in [-0.15, -0.1) is 0 Å². The summed E-state index contributed by atoms with van der Waals surface area (Å²) in [5.74, 6) is 0. The quantitative estimate of drug-likeness (QED) is 0.801. The van der Waals surface area contributed by atoms with Crippen LogP contribution in [0.2, 0.25) is 6.55 Å². The van der Waals surface area contributed by atoms with Gasteiger partial charge in [-0.05, 0) is 67.1 Å². The lowest BCUT2D eigenvalue weighted by atomic mass is 9.90. The summed E-state index contributed by atoms with van der Waals surface area (Å²) in [5.41, 5.74) is -2.48. The molecular formula is C19H34O4Si. The molecule has 0 aromatic heterocycles. The fourth-order valence-corrected chi connectivity index (χ4v) is 5.61. The molecule has 5 heteroatoms. The van der Waals surface area contributed by atoms with Crippen LogP contribution in [0.1, 0.15) is 55.4 Å². The van der Waals surface area contributed by atoms with E-state index in [2.05, 4.69) is 46.4 Å². The van der Waals surface area contributed by atoms with Crippen LogP contribution < -0.4 is 5.19 Å². The second-order valence-corrected chi connectivity index (χ2v) is 11.5. The predicted octanol–water partition coefficient (Wildman–Crippen LogP) is 3.10. The maximum atomic E-state index is 9.10. The van der Waals surface area contributed by atoms with Crippen LogP contribution in [0.5, 0.6) is 0 Å². The van der Waals surface area contributed by atoms with Crippen LogP contribution in [0.15, 0.2) is 30.3 Å². The number of aliphatic hydroxyl groups is 2. The molecule has 0 bridgehead atoms. The van der Waals surface area contributed by atoms with Crippen molar-refractivity contribution in [3.8, 4) is 0 Å². The molecule has 0 spiro atoms. The normalized spacial score (nSPS) is 21.8. The lowest BCUT2D eigenvalue weighted by Crippen LogP contribution is -2.48. The summed E-state index contributed by atoms with van der Waals surface area (Å²) >= 11 is 0. The van der Waals surface area contributed by atoms with Crippen LogP contribution in [0.3, 0.4) is 0 Å². The smallest absolute Gasteiger partial charge is 0.370 e. The third-order valence-corrected chi connectivity index (χ3v) is 8.33. The molecule has 2 N–H and O–H groups in total. The highest BCUT2D eigenvalue weighted by Crippen LogP contribution is 2.41. The van der Waals surface area contributed by atoms with Gasteiger partial charge in [0, 0.05) is 0 Å². The Bertz CT molecular complexity index is 511. The molecule has 4 nitrogen and oxygen atoms in total. The Morgan fingerprint density at radius 1 is 0.792 bits per heavy atom. The van der Waals surface area contributed by atoms with E-state index in [0.717, 1.165) is 0 Å². The minimum atomic E-state index is -2.23. The first-order valence-corrected chi connectivity index (χ1v) is 10.7. The van der Waals surface area contributed by atoms with Crippen molar-refractivity contribution in [1.29, 1.82) is 0 Å². The van der Waals surface area contributed by atoms with Crippen LogP contribution in [0, 0.1) is 0 Å². The molecule has 1 heterocycles. The highest BCUT2D eigenvalue weighted by Gasteiger charge is 2.57. The van der Waals surface area contributed by atoms with Crippen molar-refractivity contribution >= 4 is 13.7 Å². The molecule has 0 radical (unpaired) electrons. The van der Waals surface area contributed by atoms with Gasteiger partial charge in [0.1, 0.15) is 0 Å². The summed E-state index contributed by atoms with van der Waals surface area (Å²) in [4.78, 5) is 0. The Balaban J connectivity index is 0.000000307. The molecule has 24 heavy (non-hydrogen) atoms. The molecular weight excluding hydrogens is 320 g/mol. The average Bonchev–Trinajstić information content (AvgIpc) is 2.53. The predicted molar refractivity (Wildman–Crippen MR) is 101 cm³/mol. The van der Waals surface area contributed by atoms with Crippen LogP contribution in [-0.4, -0.2) is 41.2 Å².